The van der Waals surface area contributed by atoms with E-state index < -0.39 is 0 Å². The van der Waals surface area contributed by atoms with Gasteiger partial charge in [-0.3, -0.25) is 0 Å². The molecule has 1 saturated carbocycles. The van der Waals surface area contributed by atoms with Crippen molar-refractivity contribution in [2.45, 2.75) is 64.5 Å². The number of hydrogen-bond donors (Lipinski definition) is 1. The monoisotopic (exact) mass is 417 g/mol. The molecule has 0 bridgehead atoms. The number of ether oxygens (including phenoxy) is 1. The van der Waals surface area contributed by atoms with Crippen LogP contribution in [0.1, 0.15) is 57.4 Å². The van der Waals surface area contributed by atoms with Crippen molar-refractivity contribution in [2.24, 2.45) is 0 Å². The smallest absolute Gasteiger partial charge is 0.147 e. The molecule has 0 aromatic heterocycles. The standard InChI is InChI=1S/C17H25Br2NO/c1-2-9-21-17-15(18)10-13(11-16(17)19)12-20-14-7-5-3-4-6-8-14/h10-11,14,20H,2-9,12H2,1H3. The van der Waals surface area contributed by atoms with E-state index in [1.54, 1.807) is 0 Å². The van der Waals surface area contributed by atoms with Gasteiger partial charge in [0.05, 0.1) is 15.6 Å². The summed E-state index contributed by atoms with van der Waals surface area (Å²) < 4.78 is 7.83. The van der Waals surface area contributed by atoms with Crippen LogP contribution in [0.3, 0.4) is 0 Å². The van der Waals surface area contributed by atoms with E-state index in [9.17, 15) is 0 Å². The lowest BCUT2D eigenvalue weighted by atomic mass is 10.1. The zero-order valence-electron chi connectivity index (χ0n) is 12.8. The molecule has 0 heterocycles. The third kappa shape index (κ3) is 5.57. The molecule has 1 aromatic rings. The Morgan fingerprint density at radius 2 is 1.71 bits per heavy atom. The predicted octanol–water partition coefficient (Wildman–Crippen LogP) is 5.81. The van der Waals surface area contributed by atoms with Crippen molar-refractivity contribution >= 4 is 31.9 Å². The van der Waals surface area contributed by atoms with Crippen LogP contribution in [0.25, 0.3) is 0 Å². The van der Waals surface area contributed by atoms with Crippen molar-refractivity contribution in [3.8, 4) is 5.75 Å². The minimum absolute atomic E-state index is 0.682. The second-order valence-corrected chi connectivity index (χ2v) is 7.52. The first-order valence-corrected chi connectivity index (χ1v) is 9.63. The van der Waals surface area contributed by atoms with E-state index in [1.165, 1.54) is 44.1 Å². The van der Waals surface area contributed by atoms with Crippen LogP contribution in [0, 0.1) is 0 Å². The number of benzene rings is 1. The van der Waals surface area contributed by atoms with Gasteiger partial charge in [-0.15, -0.1) is 0 Å². The maximum absolute atomic E-state index is 5.77. The number of halogens is 2. The zero-order chi connectivity index (χ0) is 15.1. The van der Waals surface area contributed by atoms with E-state index in [0.29, 0.717) is 6.04 Å². The van der Waals surface area contributed by atoms with Gasteiger partial charge in [-0.05, 0) is 68.8 Å². The van der Waals surface area contributed by atoms with Crippen molar-refractivity contribution in [3.05, 3.63) is 26.6 Å². The van der Waals surface area contributed by atoms with Crippen molar-refractivity contribution in [3.63, 3.8) is 0 Å². The third-order valence-electron chi connectivity index (χ3n) is 3.96. The Morgan fingerprint density at radius 1 is 1.10 bits per heavy atom. The summed E-state index contributed by atoms with van der Waals surface area (Å²) in [4.78, 5) is 0. The first-order valence-electron chi connectivity index (χ1n) is 8.04. The van der Waals surface area contributed by atoms with Crippen LogP contribution in [0.5, 0.6) is 5.75 Å². The van der Waals surface area contributed by atoms with Gasteiger partial charge in [0.25, 0.3) is 0 Å². The lowest BCUT2D eigenvalue weighted by Crippen LogP contribution is -2.27. The van der Waals surface area contributed by atoms with Crippen LogP contribution in [0.2, 0.25) is 0 Å². The van der Waals surface area contributed by atoms with Crippen LogP contribution in [-0.4, -0.2) is 12.6 Å². The second-order valence-electron chi connectivity index (χ2n) is 5.81. The molecule has 1 fully saturated rings. The molecular weight excluding hydrogens is 394 g/mol. The van der Waals surface area contributed by atoms with Gasteiger partial charge in [-0.2, -0.15) is 0 Å². The Labute approximate surface area is 145 Å². The molecule has 0 amide bonds. The van der Waals surface area contributed by atoms with Gasteiger partial charge in [0.2, 0.25) is 0 Å². The summed E-state index contributed by atoms with van der Waals surface area (Å²) >= 11 is 7.25. The van der Waals surface area contributed by atoms with Gasteiger partial charge in [-0.25, -0.2) is 0 Å². The second kappa shape index (κ2) is 9.16. The van der Waals surface area contributed by atoms with Gasteiger partial charge in [-0.1, -0.05) is 32.6 Å². The first-order chi connectivity index (χ1) is 10.2. The van der Waals surface area contributed by atoms with E-state index in [1.807, 2.05) is 0 Å². The van der Waals surface area contributed by atoms with Crippen molar-refractivity contribution in [1.29, 1.82) is 0 Å². The molecule has 1 aromatic carbocycles. The minimum Gasteiger partial charge on any atom is -0.491 e. The lowest BCUT2D eigenvalue weighted by Gasteiger charge is -2.17. The normalized spacial score (nSPS) is 16.7. The Hall–Kier alpha value is -0.0600. The highest BCUT2D eigenvalue weighted by Crippen LogP contribution is 2.35. The van der Waals surface area contributed by atoms with E-state index in [0.717, 1.165) is 34.3 Å². The molecule has 118 valence electrons. The number of nitrogens with one attached hydrogen (secondary N) is 1. The fraction of sp³-hybridized carbons (Fsp3) is 0.647. The topological polar surface area (TPSA) is 21.3 Å². The van der Waals surface area contributed by atoms with Crippen LogP contribution in [0.4, 0.5) is 0 Å². The molecule has 4 heteroatoms. The summed E-state index contributed by atoms with van der Waals surface area (Å²) in [5.41, 5.74) is 1.29. The van der Waals surface area contributed by atoms with Crippen LogP contribution < -0.4 is 10.1 Å². The van der Waals surface area contributed by atoms with E-state index in [-0.39, 0.29) is 0 Å². The average molecular weight is 419 g/mol. The summed E-state index contributed by atoms with van der Waals surface area (Å²) in [6, 6.07) is 5.01. The highest BCUT2D eigenvalue weighted by Gasteiger charge is 2.13. The molecule has 1 aliphatic rings. The summed E-state index contributed by atoms with van der Waals surface area (Å²) in [5.74, 6) is 0.912. The average Bonchev–Trinajstić information content (AvgIpc) is 2.73. The van der Waals surface area contributed by atoms with E-state index in [4.69, 9.17) is 4.74 Å². The molecule has 0 spiro atoms. The Bertz CT molecular complexity index is 419. The van der Waals surface area contributed by atoms with E-state index in [2.05, 4.69) is 56.2 Å². The molecule has 0 radical (unpaired) electrons. The summed E-state index contributed by atoms with van der Waals surface area (Å²) in [5, 5.41) is 3.71. The molecule has 2 rings (SSSR count). The summed E-state index contributed by atoms with van der Waals surface area (Å²) in [7, 11) is 0. The molecule has 0 unspecified atom stereocenters. The molecule has 0 atom stereocenters. The van der Waals surface area contributed by atoms with Gasteiger partial charge in [0, 0.05) is 12.6 Å². The van der Waals surface area contributed by atoms with Crippen LogP contribution >= 0.6 is 31.9 Å². The quantitative estimate of drug-likeness (QED) is 0.588. The fourth-order valence-electron chi connectivity index (χ4n) is 2.80. The molecule has 1 aliphatic carbocycles. The first kappa shape index (κ1) is 17.3. The lowest BCUT2D eigenvalue weighted by molar-refractivity contribution is 0.313. The van der Waals surface area contributed by atoms with Gasteiger partial charge in [0.1, 0.15) is 5.75 Å². The molecule has 1 N–H and O–H groups in total. The Balaban J connectivity index is 1.94. The van der Waals surface area contributed by atoms with E-state index >= 15 is 0 Å². The van der Waals surface area contributed by atoms with Crippen LogP contribution in [0.15, 0.2) is 21.1 Å². The fourth-order valence-corrected chi connectivity index (χ4v) is 4.31. The minimum atomic E-state index is 0.682. The molecule has 21 heavy (non-hydrogen) atoms. The van der Waals surface area contributed by atoms with Crippen molar-refractivity contribution in [2.75, 3.05) is 6.61 Å². The number of hydrogen-bond acceptors (Lipinski definition) is 2. The zero-order valence-corrected chi connectivity index (χ0v) is 15.9. The highest BCUT2D eigenvalue weighted by atomic mass is 79.9. The maximum Gasteiger partial charge on any atom is 0.147 e. The molecular formula is C17H25Br2NO. The summed E-state index contributed by atoms with van der Waals surface area (Å²) in [6.07, 6.45) is 9.20. The van der Waals surface area contributed by atoms with Crippen LogP contribution in [-0.2, 0) is 6.54 Å². The summed E-state index contributed by atoms with van der Waals surface area (Å²) in [6.45, 7) is 3.79. The maximum atomic E-state index is 5.77. The number of rotatable bonds is 6. The van der Waals surface area contributed by atoms with Gasteiger partial charge in [0.15, 0.2) is 0 Å². The molecule has 0 aliphatic heterocycles. The van der Waals surface area contributed by atoms with Gasteiger partial charge < -0.3 is 10.1 Å². The highest BCUT2D eigenvalue weighted by molar-refractivity contribution is 9.11. The molecule has 0 saturated heterocycles. The van der Waals surface area contributed by atoms with Gasteiger partial charge >= 0.3 is 0 Å². The Morgan fingerprint density at radius 3 is 2.29 bits per heavy atom. The SMILES string of the molecule is CCCOc1c(Br)cc(CNC2CCCCCC2)cc1Br. The van der Waals surface area contributed by atoms with Crippen molar-refractivity contribution in [1.82, 2.24) is 5.32 Å². The third-order valence-corrected chi connectivity index (χ3v) is 5.14. The predicted molar refractivity (Wildman–Crippen MR) is 96.0 cm³/mol. The molecule has 2 nitrogen and oxygen atoms in total. The largest absolute Gasteiger partial charge is 0.491 e. The Kier molecular flexibility index (Phi) is 7.55. The van der Waals surface area contributed by atoms with Crippen molar-refractivity contribution < 1.29 is 4.74 Å².